The average Bonchev–Trinajstić information content (AvgIpc) is 2.48. The summed E-state index contributed by atoms with van der Waals surface area (Å²) in [6.07, 6.45) is 1.66. The average molecular weight is 279 g/mol. The van der Waals surface area contributed by atoms with Gasteiger partial charge in [0.15, 0.2) is 0 Å². The van der Waals surface area contributed by atoms with Crippen LogP contribution >= 0.6 is 0 Å². The number of carbonyl (C=O) groups is 2. The van der Waals surface area contributed by atoms with E-state index in [1.807, 2.05) is 0 Å². The van der Waals surface area contributed by atoms with Crippen molar-refractivity contribution in [3.8, 4) is 0 Å². The molecule has 0 spiro atoms. The summed E-state index contributed by atoms with van der Waals surface area (Å²) < 4.78 is 12.7. The van der Waals surface area contributed by atoms with Crippen molar-refractivity contribution in [3.63, 3.8) is 0 Å². The molecule has 6 heteroatoms. The van der Waals surface area contributed by atoms with Crippen molar-refractivity contribution in [2.75, 3.05) is 13.1 Å². The molecule has 20 heavy (non-hydrogen) atoms. The SMILES string of the molecule is O=C(Cc1ccc(F)cc1)NNC(=O)C1CCNCC1. The maximum Gasteiger partial charge on any atom is 0.242 e. The summed E-state index contributed by atoms with van der Waals surface area (Å²) in [6, 6.07) is 5.69. The van der Waals surface area contributed by atoms with Crippen LogP contribution in [0.5, 0.6) is 0 Å². The number of amides is 2. The molecule has 0 radical (unpaired) electrons. The number of hydrogen-bond donors (Lipinski definition) is 3. The molecule has 1 saturated heterocycles. The van der Waals surface area contributed by atoms with Crippen molar-refractivity contribution >= 4 is 11.8 Å². The highest BCUT2D eigenvalue weighted by Crippen LogP contribution is 2.10. The van der Waals surface area contributed by atoms with Gasteiger partial charge in [-0.05, 0) is 43.6 Å². The molecule has 3 N–H and O–H groups in total. The molecule has 1 aliphatic rings. The van der Waals surface area contributed by atoms with Crippen LogP contribution in [0.4, 0.5) is 4.39 Å². The maximum atomic E-state index is 12.7. The molecule has 0 unspecified atom stereocenters. The van der Waals surface area contributed by atoms with Crippen LogP contribution in [0.1, 0.15) is 18.4 Å². The Balaban J connectivity index is 1.74. The van der Waals surface area contributed by atoms with Gasteiger partial charge in [0.05, 0.1) is 6.42 Å². The van der Waals surface area contributed by atoms with E-state index < -0.39 is 0 Å². The number of benzene rings is 1. The summed E-state index contributed by atoms with van der Waals surface area (Å²) in [7, 11) is 0. The van der Waals surface area contributed by atoms with E-state index in [2.05, 4.69) is 16.2 Å². The van der Waals surface area contributed by atoms with Crippen LogP contribution in [0.2, 0.25) is 0 Å². The third kappa shape index (κ3) is 4.31. The molecule has 5 nitrogen and oxygen atoms in total. The van der Waals surface area contributed by atoms with Crippen molar-refractivity contribution in [3.05, 3.63) is 35.6 Å². The van der Waals surface area contributed by atoms with Crippen LogP contribution in [0.15, 0.2) is 24.3 Å². The predicted octanol–water partition coefficient (Wildman–Crippen LogP) is 0.515. The van der Waals surface area contributed by atoms with Gasteiger partial charge < -0.3 is 5.32 Å². The monoisotopic (exact) mass is 279 g/mol. The van der Waals surface area contributed by atoms with Crippen LogP contribution in [-0.2, 0) is 16.0 Å². The number of halogens is 1. The molecule has 1 heterocycles. The lowest BCUT2D eigenvalue weighted by Crippen LogP contribution is -2.47. The first kappa shape index (κ1) is 14.5. The van der Waals surface area contributed by atoms with E-state index in [1.54, 1.807) is 12.1 Å². The third-order valence-corrected chi connectivity index (χ3v) is 3.31. The minimum Gasteiger partial charge on any atom is -0.317 e. The number of piperidine rings is 1. The van der Waals surface area contributed by atoms with Gasteiger partial charge in [0, 0.05) is 5.92 Å². The number of hydrogen-bond acceptors (Lipinski definition) is 3. The molecular weight excluding hydrogens is 261 g/mol. The first-order valence-electron chi connectivity index (χ1n) is 6.69. The molecular formula is C14H18FN3O2. The number of rotatable bonds is 3. The predicted molar refractivity (Wildman–Crippen MR) is 72.0 cm³/mol. The van der Waals surface area contributed by atoms with E-state index in [0.717, 1.165) is 25.9 Å². The minimum atomic E-state index is -0.339. The summed E-state index contributed by atoms with van der Waals surface area (Å²) in [5.41, 5.74) is 5.53. The Bertz CT molecular complexity index is 470. The van der Waals surface area contributed by atoms with Gasteiger partial charge in [-0.1, -0.05) is 12.1 Å². The second-order valence-corrected chi connectivity index (χ2v) is 4.86. The van der Waals surface area contributed by atoms with Crippen LogP contribution in [0.3, 0.4) is 0 Å². The smallest absolute Gasteiger partial charge is 0.242 e. The Morgan fingerprint density at radius 1 is 1.15 bits per heavy atom. The van der Waals surface area contributed by atoms with E-state index in [9.17, 15) is 14.0 Å². The molecule has 1 aliphatic heterocycles. The van der Waals surface area contributed by atoms with Crippen LogP contribution in [0.25, 0.3) is 0 Å². The zero-order chi connectivity index (χ0) is 14.4. The Kier molecular flexibility index (Phi) is 5.06. The molecule has 108 valence electrons. The molecule has 1 aromatic rings. The highest BCUT2D eigenvalue weighted by atomic mass is 19.1. The summed E-state index contributed by atoms with van der Waals surface area (Å²) in [4.78, 5) is 23.4. The van der Waals surface area contributed by atoms with E-state index in [1.165, 1.54) is 12.1 Å². The quantitative estimate of drug-likeness (QED) is 0.706. The number of carbonyl (C=O) groups excluding carboxylic acids is 2. The maximum absolute atomic E-state index is 12.7. The Labute approximate surface area is 116 Å². The zero-order valence-corrected chi connectivity index (χ0v) is 11.1. The van der Waals surface area contributed by atoms with Crippen molar-refractivity contribution < 1.29 is 14.0 Å². The van der Waals surface area contributed by atoms with Gasteiger partial charge in [-0.2, -0.15) is 0 Å². The van der Waals surface area contributed by atoms with Gasteiger partial charge in [-0.3, -0.25) is 20.4 Å². The molecule has 0 atom stereocenters. The first-order valence-corrected chi connectivity index (χ1v) is 6.69. The lowest BCUT2D eigenvalue weighted by Gasteiger charge is -2.21. The highest BCUT2D eigenvalue weighted by molar-refractivity contribution is 5.84. The third-order valence-electron chi connectivity index (χ3n) is 3.31. The second kappa shape index (κ2) is 7.00. The van der Waals surface area contributed by atoms with Gasteiger partial charge in [-0.15, -0.1) is 0 Å². The highest BCUT2D eigenvalue weighted by Gasteiger charge is 2.20. The largest absolute Gasteiger partial charge is 0.317 e. The van der Waals surface area contributed by atoms with E-state index >= 15 is 0 Å². The fraction of sp³-hybridized carbons (Fsp3) is 0.429. The number of nitrogens with one attached hydrogen (secondary N) is 3. The topological polar surface area (TPSA) is 70.2 Å². The van der Waals surface area contributed by atoms with Crippen LogP contribution in [-0.4, -0.2) is 24.9 Å². The Morgan fingerprint density at radius 3 is 2.45 bits per heavy atom. The summed E-state index contributed by atoms with van der Waals surface area (Å²) >= 11 is 0. The standard InChI is InChI=1S/C14H18FN3O2/c15-12-3-1-10(2-4-12)9-13(19)17-18-14(20)11-5-7-16-8-6-11/h1-4,11,16H,5-9H2,(H,17,19)(H,18,20). The lowest BCUT2D eigenvalue weighted by molar-refractivity contribution is -0.131. The molecule has 1 fully saturated rings. The molecule has 0 saturated carbocycles. The summed E-state index contributed by atoms with van der Waals surface area (Å²) in [5, 5.41) is 3.17. The number of hydrazine groups is 1. The van der Waals surface area contributed by atoms with Crippen molar-refractivity contribution in [1.82, 2.24) is 16.2 Å². The Morgan fingerprint density at radius 2 is 1.80 bits per heavy atom. The van der Waals surface area contributed by atoms with Gasteiger partial charge in [0.25, 0.3) is 0 Å². The second-order valence-electron chi connectivity index (χ2n) is 4.86. The summed E-state index contributed by atoms with van der Waals surface area (Å²) in [6.45, 7) is 1.64. The minimum absolute atomic E-state index is 0.0534. The van der Waals surface area contributed by atoms with Crippen LogP contribution in [0, 0.1) is 11.7 Å². The van der Waals surface area contributed by atoms with E-state index in [0.29, 0.717) is 5.56 Å². The molecule has 2 rings (SSSR count). The van der Waals surface area contributed by atoms with Crippen molar-refractivity contribution in [2.24, 2.45) is 5.92 Å². The fourth-order valence-electron chi connectivity index (χ4n) is 2.15. The Hall–Kier alpha value is -1.95. The van der Waals surface area contributed by atoms with Crippen LogP contribution < -0.4 is 16.2 Å². The van der Waals surface area contributed by atoms with Gasteiger partial charge in [0.1, 0.15) is 5.82 Å². The summed E-state index contributed by atoms with van der Waals surface area (Å²) in [5.74, 6) is -0.867. The van der Waals surface area contributed by atoms with Gasteiger partial charge >= 0.3 is 0 Å². The molecule has 0 bridgehead atoms. The first-order chi connectivity index (χ1) is 9.65. The molecule has 1 aromatic carbocycles. The molecule has 0 aliphatic carbocycles. The van der Waals surface area contributed by atoms with Crippen molar-refractivity contribution in [2.45, 2.75) is 19.3 Å². The van der Waals surface area contributed by atoms with Gasteiger partial charge in [0.2, 0.25) is 11.8 Å². The van der Waals surface area contributed by atoms with E-state index in [-0.39, 0.29) is 30.0 Å². The lowest BCUT2D eigenvalue weighted by atomic mass is 9.98. The fourth-order valence-corrected chi connectivity index (χ4v) is 2.15. The van der Waals surface area contributed by atoms with Crippen molar-refractivity contribution in [1.29, 1.82) is 0 Å². The van der Waals surface area contributed by atoms with E-state index in [4.69, 9.17) is 0 Å². The molecule has 0 aromatic heterocycles. The zero-order valence-electron chi connectivity index (χ0n) is 11.1. The molecule has 2 amide bonds. The normalized spacial score (nSPS) is 15.7. The van der Waals surface area contributed by atoms with Gasteiger partial charge in [-0.25, -0.2) is 4.39 Å².